The molecule has 40 heavy (non-hydrogen) atoms. The van der Waals surface area contributed by atoms with Gasteiger partial charge in [-0.05, 0) is 56.5 Å². The van der Waals surface area contributed by atoms with Crippen LogP contribution in [0.2, 0.25) is 0 Å². The van der Waals surface area contributed by atoms with Crippen LogP contribution in [0.3, 0.4) is 0 Å². The predicted octanol–water partition coefficient (Wildman–Crippen LogP) is 4.71. The smallest absolute Gasteiger partial charge is 0.264 e. The van der Waals surface area contributed by atoms with Gasteiger partial charge in [0.2, 0.25) is 0 Å². The zero-order valence-electron chi connectivity index (χ0n) is 22.9. The minimum atomic E-state index is -3.86. The molecule has 0 bridgehead atoms. The van der Waals surface area contributed by atoms with Gasteiger partial charge < -0.3 is 24.4 Å². The molecule has 0 aliphatic carbocycles. The largest absolute Gasteiger partial charge is 0.492 e. The first-order chi connectivity index (χ1) is 19.4. The molecule has 10 heteroatoms. The lowest BCUT2D eigenvalue weighted by Gasteiger charge is -2.31. The van der Waals surface area contributed by atoms with E-state index in [9.17, 15) is 13.2 Å². The predicted molar refractivity (Wildman–Crippen MR) is 156 cm³/mol. The van der Waals surface area contributed by atoms with Crippen molar-refractivity contribution in [2.45, 2.75) is 31.6 Å². The monoisotopic (exact) mass is 565 g/mol. The summed E-state index contributed by atoms with van der Waals surface area (Å²) in [6, 6.07) is 17.3. The van der Waals surface area contributed by atoms with Crippen molar-refractivity contribution in [1.82, 2.24) is 0 Å². The number of carbonyl (C=O) groups is 1. The number of sulfonamides is 1. The van der Waals surface area contributed by atoms with E-state index in [2.05, 4.69) is 10.2 Å². The first-order valence-electron chi connectivity index (χ1n) is 13.7. The third-order valence-electron chi connectivity index (χ3n) is 7.01. The molecule has 5 rings (SSSR count). The van der Waals surface area contributed by atoms with Crippen LogP contribution in [0.1, 0.15) is 36.2 Å². The van der Waals surface area contributed by atoms with Crippen LogP contribution in [-0.2, 0) is 21.2 Å². The molecule has 0 radical (unpaired) electrons. The first kappa shape index (κ1) is 27.8. The van der Waals surface area contributed by atoms with E-state index in [0.29, 0.717) is 55.8 Å². The first-order valence-corrected chi connectivity index (χ1v) is 15.1. The average Bonchev–Trinajstić information content (AvgIpc) is 2.98. The van der Waals surface area contributed by atoms with E-state index >= 15 is 0 Å². The SMILES string of the molecule is CCOc1cc(N2CCOCC2)c(OCC)cc1NC(=O)c1cccc(S(=O)(=O)N2CCCc3ccccc32)c1. The summed E-state index contributed by atoms with van der Waals surface area (Å²) >= 11 is 0. The molecule has 2 aliphatic rings. The number of nitrogens with zero attached hydrogens (tertiary/aromatic N) is 2. The van der Waals surface area contributed by atoms with Crippen LogP contribution in [0.25, 0.3) is 0 Å². The van der Waals surface area contributed by atoms with Crippen molar-refractivity contribution in [3.05, 3.63) is 71.8 Å². The van der Waals surface area contributed by atoms with E-state index < -0.39 is 15.9 Å². The lowest BCUT2D eigenvalue weighted by atomic mass is 10.0. The second kappa shape index (κ2) is 12.2. The summed E-state index contributed by atoms with van der Waals surface area (Å²) in [5.41, 5.74) is 3.24. The van der Waals surface area contributed by atoms with Crippen LogP contribution in [0.5, 0.6) is 11.5 Å². The summed E-state index contributed by atoms with van der Waals surface area (Å²) in [6.45, 7) is 7.73. The van der Waals surface area contributed by atoms with E-state index in [4.69, 9.17) is 14.2 Å². The lowest BCUT2D eigenvalue weighted by Crippen LogP contribution is -2.36. The van der Waals surface area contributed by atoms with E-state index in [1.54, 1.807) is 18.2 Å². The van der Waals surface area contributed by atoms with Gasteiger partial charge in [0.1, 0.15) is 11.5 Å². The lowest BCUT2D eigenvalue weighted by molar-refractivity contribution is 0.102. The van der Waals surface area contributed by atoms with Gasteiger partial charge in [-0.15, -0.1) is 0 Å². The number of ether oxygens (including phenoxy) is 3. The summed E-state index contributed by atoms with van der Waals surface area (Å²) < 4.78 is 46.1. The zero-order valence-corrected chi connectivity index (χ0v) is 23.7. The van der Waals surface area contributed by atoms with Crippen LogP contribution in [0.15, 0.2) is 65.6 Å². The van der Waals surface area contributed by atoms with E-state index in [1.165, 1.54) is 16.4 Å². The van der Waals surface area contributed by atoms with Crippen molar-refractivity contribution in [2.75, 3.05) is 60.6 Å². The molecule has 1 amide bonds. The number of amides is 1. The van der Waals surface area contributed by atoms with Crippen LogP contribution < -0.4 is 24.0 Å². The highest BCUT2D eigenvalue weighted by atomic mass is 32.2. The number of anilines is 3. The minimum absolute atomic E-state index is 0.0690. The fraction of sp³-hybridized carbons (Fsp3) is 0.367. The van der Waals surface area contributed by atoms with Gasteiger partial charge in [0.25, 0.3) is 15.9 Å². The van der Waals surface area contributed by atoms with E-state index in [-0.39, 0.29) is 10.5 Å². The Bertz CT molecular complexity index is 1470. The number of benzene rings is 3. The number of aryl methyl sites for hydroxylation is 1. The molecule has 212 valence electrons. The molecule has 0 atom stereocenters. The number of para-hydroxylation sites is 1. The fourth-order valence-corrected chi connectivity index (χ4v) is 6.70. The highest BCUT2D eigenvalue weighted by molar-refractivity contribution is 7.92. The summed E-state index contributed by atoms with van der Waals surface area (Å²) in [5, 5.41) is 2.92. The number of nitrogens with one attached hydrogen (secondary N) is 1. The molecule has 2 heterocycles. The third kappa shape index (κ3) is 5.73. The highest BCUT2D eigenvalue weighted by Gasteiger charge is 2.29. The van der Waals surface area contributed by atoms with Gasteiger partial charge in [0.15, 0.2) is 0 Å². The highest BCUT2D eigenvalue weighted by Crippen LogP contribution is 2.40. The number of morpholine rings is 1. The molecule has 1 N–H and O–H groups in total. The van der Waals surface area contributed by atoms with Crippen molar-refractivity contribution >= 4 is 33.0 Å². The maximum absolute atomic E-state index is 13.7. The molecule has 0 saturated carbocycles. The van der Waals surface area contributed by atoms with Crippen molar-refractivity contribution < 1.29 is 27.4 Å². The summed E-state index contributed by atoms with van der Waals surface area (Å²) in [7, 11) is -3.86. The normalized spacial score (nSPS) is 15.3. The number of hydrogen-bond acceptors (Lipinski definition) is 7. The summed E-state index contributed by atoms with van der Waals surface area (Å²) in [6.07, 6.45) is 1.57. The Morgan fingerprint density at radius 3 is 2.42 bits per heavy atom. The third-order valence-corrected chi connectivity index (χ3v) is 8.82. The molecule has 0 spiro atoms. The number of hydrogen-bond donors (Lipinski definition) is 1. The standard InChI is InChI=1S/C30H35N3O6S/c1-3-38-28-21-27(32-15-17-37-18-16-32)29(39-4-2)20-25(28)31-30(34)23-10-7-12-24(19-23)40(35,36)33-14-8-11-22-9-5-6-13-26(22)33/h5-7,9-10,12-13,19-21H,3-4,8,11,14-18H2,1-2H3,(H,31,34). The quantitative estimate of drug-likeness (QED) is 0.401. The molecule has 0 aromatic heterocycles. The van der Waals surface area contributed by atoms with Crippen LogP contribution >= 0.6 is 0 Å². The average molecular weight is 566 g/mol. The zero-order chi connectivity index (χ0) is 28.1. The Morgan fingerprint density at radius 1 is 0.900 bits per heavy atom. The van der Waals surface area contributed by atoms with Crippen molar-refractivity contribution in [3.8, 4) is 11.5 Å². The molecule has 9 nitrogen and oxygen atoms in total. The van der Waals surface area contributed by atoms with Crippen LogP contribution in [0.4, 0.5) is 17.1 Å². The van der Waals surface area contributed by atoms with E-state index in [1.807, 2.05) is 44.2 Å². The summed E-state index contributed by atoms with van der Waals surface area (Å²) in [4.78, 5) is 15.7. The molecule has 3 aromatic rings. The topological polar surface area (TPSA) is 97.4 Å². The Labute approximate surface area is 235 Å². The van der Waals surface area contributed by atoms with Crippen LogP contribution in [0, 0.1) is 0 Å². The number of carbonyl (C=O) groups excluding carboxylic acids is 1. The van der Waals surface area contributed by atoms with Crippen molar-refractivity contribution in [1.29, 1.82) is 0 Å². The second-order valence-electron chi connectivity index (χ2n) is 9.57. The Morgan fingerprint density at radius 2 is 1.65 bits per heavy atom. The van der Waals surface area contributed by atoms with Gasteiger partial charge in [-0.25, -0.2) is 8.42 Å². The van der Waals surface area contributed by atoms with Gasteiger partial charge in [0.05, 0.1) is 48.4 Å². The van der Waals surface area contributed by atoms with Crippen molar-refractivity contribution in [3.63, 3.8) is 0 Å². The molecule has 3 aromatic carbocycles. The summed E-state index contributed by atoms with van der Waals surface area (Å²) in [5.74, 6) is 0.691. The van der Waals surface area contributed by atoms with Gasteiger partial charge in [-0.2, -0.15) is 0 Å². The molecule has 1 saturated heterocycles. The maximum atomic E-state index is 13.7. The number of fused-ring (bicyclic) bond motifs is 1. The minimum Gasteiger partial charge on any atom is -0.492 e. The molecule has 2 aliphatic heterocycles. The van der Waals surface area contributed by atoms with Crippen molar-refractivity contribution in [2.24, 2.45) is 0 Å². The van der Waals surface area contributed by atoms with Gasteiger partial charge in [-0.1, -0.05) is 24.3 Å². The molecular weight excluding hydrogens is 530 g/mol. The second-order valence-corrected chi connectivity index (χ2v) is 11.4. The molecule has 0 unspecified atom stereocenters. The molecule has 1 fully saturated rings. The van der Waals surface area contributed by atoms with Gasteiger partial charge in [0, 0.05) is 37.3 Å². The van der Waals surface area contributed by atoms with Gasteiger partial charge >= 0.3 is 0 Å². The maximum Gasteiger partial charge on any atom is 0.264 e. The molecular formula is C30H35N3O6S. The number of rotatable bonds is 9. The van der Waals surface area contributed by atoms with E-state index in [0.717, 1.165) is 37.2 Å². The Hall–Kier alpha value is -3.76. The fourth-order valence-electron chi connectivity index (χ4n) is 5.11. The Balaban J connectivity index is 1.44. The van der Waals surface area contributed by atoms with Gasteiger partial charge in [-0.3, -0.25) is 9.10 Å². The van der Waals surface area contributed by atoms with Crippen LogP contribution in [-0.4, -0.2) is 60.4 Å². The Kier molecular flexibility index (Phi) is 8.46.